The molecule has 108 valence electrons. The third-order valence-electron chi connectivity index (χ3n) is 2.37. The van der Waals surface area contributed by atoms with Crippen LogP contribution in [0.5, 0.6) is 0 Å². The molecule has 2 rings (SSSR count). The average Bonchev–Trinajstić information content (AvgIpc) is 2.66. The predicted molar refractivity (Wildman–Crippen MR) is 92.0 cm³/mol. The Bertz CT molecular complexity index is 694. The van der Waals surface area contributed by atoms with Crippen LogP contribution in [0.2, 0.25) is 0 Å². The SMILES string of the molecule is CS(=O)(=O)Nc1ccccc1NCc1cc(Br)c(Br)s1. The zero-order chi connectivity index (χ0) is 14.8. The number of anilines is 2. The highest BCUT2D eigenvalue weighted by atomic mass is 79.9. The van der Waals surface area contributed by atoms with E-state index in [1.807, 2.05) is 18.2 Å². The quantitative estimate of drug-likeness (QED) is 0.731. The predicted octanol–water partition coefficient (Wildman–Crippen LogP) is 4.26. The van der Waals surface area contributed by atoms with E-state index in [1.165, 1.54) is 0 Å². The lowest BCUT2D eigenvalue weighted by Crippen LogP contribution is -2.11. The first kappa shape index (κ1) is 15.8. The minimum atomic E-state index is -3.29. The smallest absolute Gasteiger partial charge is 0.229 e. The van der Waals surface area contributed by atoms with Crippen LogP contribution in [0.1, 0.15) is 4.88 Å². The maximum atomic E-state index is 11.3. The number of benzene rings is 1. The molecule has 2 aromatic rings. The summed E-state index contributed by atoms with van der Waals surface area (Å²) in [6.07, 6.45) is 1.14. The van der Waals surface area contributed by atoms with E-state index in [4.69, 9.17) is 0 Å². The third-order valence-corrected chi connectivity index (χ3v) is 6.22. The minimum absolute atomic E-state index is 0.546. The van der Waals surface area contributed by atoms with Gasteiger partial charge in [0.05, 0.1) is 21.4 Å². The molecule has 2 N–H and O–H groups in total. The Kier molecular flexibility index (Phi) is 5.11. The summed E-state index contributed by atoms with van der Waals surface area (Å²) in [5.74, 6) is 0. The van der Waals surface area contributed by atoms with Crippen molar-refractivity contribution in [3.63, 3.8) is 0 Å². The van der Waals surface area contributed by atoms with Crippen LogP contribution in [0, 0.1) is 0 Å². The Morgan fingerprint density at radius 3 is 2.40 bits per heavy atom. The number of sulfonamides is 1. The summed E-state index contributed by atoms with van der Waals surface area (Å²) in [7, 11) is -3.29. The summed E-state index contributed by atoms with van der Waals surface area (Å²) in [5, 5.41) is 3.23. The number of thiophene rings is 1. The molecule has 0 atom stereocenters. The fraction of sp³-hybridized carbons (Fsp3) is 0.167. The first-order chi connectivity index (χ1) is 9.35. The van der Waals surface area contributed by atoms with Gasteiger partial charge < -0.3 is 5.32 Å². The van der Waals surface area contributed by atoms with Gasteiger partial charge in [-0.15, -0.1) is 11.3 Å². The fourth-order valence-electron chi connectivity index (χ4n) is 1.59. The van der Waals surface area contributed by atoms with Crippen LogP contribution in [0.3, 0.4) is 0 Å². The summed E-state index contributed by atoms with van der Waals surface area (Å²) >= 11 is 8.51. The summed E-state index contributed by atoms with van der Waals surface area (Å²) in [6, 6.07) is 9.23. The normalized spacial score (nSPS) is 11.3. The molecular weight excluding hydrogens is 428 g/mol. The molecule has 0 saturated carbocycles. The molecule has 8 heteroatoms. The summed E-state index contributed by atoms with van der Waals surface area (Å²) in [5.41, 5.74) is 1.29. The van der Waals surface area contributed by atoms with Crippen LogP contribution in [0.4, 0.5) is 11.4 Å². The highest BCUT2D eigenvalue weighted by molar-refractivity contribution is 9.13. The van der Waals surface area contributed by atoms with Crippen molar-refractivity contribution >= 4 is 64.6 Å². The van der Waals surface area contributed by atoms with Crippen molar-refractivity contribution in [2.24, 2.45) is 0 Å². The molecular formula is C12H12Br2N2O2S2. The van der Waals surface area contributed by atoms with Crippen LogP contribution < -0.4 is 10.0 Å². The van der Waals surface area contributed by atoms with Gasteiger partial charge in [-0.3, -0.25) is 4.72 Å². The monoisotopic (exact) mass is 438 g/mol. The maximum Gasteiger partial charge on any atom is 0.229 e. The van der Waals surface area contributed by atoms with Gasteiger partial charge in [0.1, 0.15) is 0 Å². The van der Waals surface area contributed by atoms with Crippen molar-refractivity contribution in [3.05, 3.63) is 43.5 Å². The van der Waals surface area contributed by atoms with Gasteiger partial charge in [-0.1, -0.05) is 12.1 Å². The second-order valence-electron chi connectivity index (χ2n) is 4.11. The van der Waals surface area contributed by atoms with Gasteiger partial charge in [-0.05, 0) is 50.1 Å². The molecule has 0 saturated heterocycles. The molecule has 1 aromatic carbocycles. The van der Waals surface area contributed by atoms with Gasteiger partial charge in [-0.25, -0.2) is 8.42 Å². The van der Waals surface area contributed by atoms with Crippen LogP contribution in [0.25, 0.3) is 0 Å². The Balaban J connectivity index is 2.13. The molecule has 20 heavy (non-hydrogen) atoms. The van der Waals surface area contributed by atoms with Gasteiger partial charge in [0.25, 0.3) is 0 Å². The molecule has 0 aliphatic rings. The number of halogens is 2. The van der Waals surface area contributed by atoms with Gasteiger partial charge in [0.15, 0.2) is 0 Å². The highest BCUT2D eigenvalue weighted by Crippen LogP contribution is 2.33. The fourth-order valence-corrected chi connectivity index (χ4v) is 4.28. The lowest BCUT2D eigenvalue weighted by atomic mass is 10.2. The number of hydrogen-bond donors (Lipinski definition) is 2. The Hall–Kier alpha value is -0.570. The highest BCUT2D eigenvalue weighted by Gasteiger charge is 2.08. The summed E-state index contributed by atoms with van der Waals surface area (Å²) < 4.78 is 27.2. The average molecular weight is 440 g/mol. The van der Waals surface area contributed by atoms with Gasteiger partial charge in [0, 0.05) is 15.9 Å². The van der Waals surface area contributed by atoms with E-state index in [0.29, 0.717) is 12.2 Å². The molecule has 0 radical (unpaired) electrons. The van der Waals surface area contributed by atoms with Gasteiger partial charge in [0.2, 0.25) is 10.0 Å². The topological polar surface area (TPSA) is 58.2 Å². The third kappa shape index (κ3) is 4.47. The molecule has 0 aliphatic carbocycles. The van der Waals surface area contributed by atoms with E-state index in [9.17, 15) is 8.42 Å². The first-order valence-corrected chi connectivity index (χ1v) is 9.89. The van der Waals surface area contributed by atoms with E-state index in [0.717, 1.165) is 25.1 Å². The summed E-state index contributed by atoms with van der Waals surface area (Å²) in [4.78, 5) is 1.14. The molecule has 0 spiro atoms. The Morgan fingerprint density at radius 1 is 1.20 bits per heavy atom. The van der Waals surface area contributed by atoms with Crippen LogP contribution in [0.15, 0.2) is 38.6 Å². The number of para-hydroxylation sites is 2. The summed E-state index contributed by atoms with van der Waals surface area (Å²) in [6.45, 7) is 0.622. The van der Waals surface area contributed by atoms with Crippen molar-refractivity contribution < 1.29 is 8.42 Å². The van der Waals surface area contributed by atoms with E-state index >= 15 is 0 Å². The van der Waals surface area contributed by atoms with Crippen molar-refractivity contribution in [3.8, 4) is 0 Å². The first-order valence-electron chi connectivity index (χ1n) is 5.59. The number of hydrogen-bond acceptors (Lipinski definition) is 4. The van der Waals surface area contributed by atoms with Gasteiger partial charge >= 0.3 is 0 Å². The van der Waals surface area contributed by atoms with E-state index < -0.39 is 10.0 Å². The molecule has 0 unspecified atom stereocenters. The van der Waals surface area contributed by atoms with Crippen molar-refractivity contribution in [2.45, 2.75) is 6.54 Å². The molecule has 0 fully saturated rings. The van der Waals surface area contributed by atoms with Crippen LogP contribution >= 0.6 is 43.2 Å². The second kappa shape index (κ2) is 6.46. The van der Waals surface area contributed by atoms with Gasteiger partial charge in [-0.2, -0.15) is 0 Å². The van der Waals surface area contributed by atoms with Crippen molar-refractivity contribution in [1.82, 2.24) is 0 Å². The standard InChI is InChI=1S/C12H12Br2N2O2S2/c1-20(17,18)16-11-5-3-2-4-10(11)15-7-8-6-9(13)12(14)19-8/h2-6,15-16H,7H2,1H3. The largest absolute Gasteiger partial charge is 0.378 e. The second-order valence-corrected chi connectivity index (χ2v) is 9.17. The lowest BCUT2D eigenvalue weighted by Gasteiger charge is -2.12. The van der Waals surface area contributed by atoms with Crippen LogP contribution in [-0.2, 0) is 16.6 Å². The molecule has 1 heterocycles. The molecule has 0 bridgehead atoms. The maximum absolute atomic E-state index is 11.3. The zero-order valence-corrected chi connectivity index (χ0v) is 15.3. The minimum Gasteiger partial charge on any atom is -0.378 e. The van der Waals surface area contributed by atoms with Crippen molar-refractivity contribution in [2.75, 3.05) is 16.3 Å². The van der Waals surface area contributed by atoms with Crippen LogP contribution in [-0.4, -0.2) is 14.7 Å². The van der Waals surface area contributed by atoms with Crippen molar-refractivity contribution in [1.29, 1.82) is 0 Å². The van der Waals surface area contributed by atoms with E-state index in [2.05, 4.69) is 41.9 Å². The molecule has 0 aliphatic heterocycles. The lowest BCUT2D eigenvalue weighted by molar-refractivity contribution is 0.607. The Labute approximate surface area is 138 Å². The number of nitrogens with one attached hydrogen (secondary N) is 2. The molecule has 1 aromatic heterocycles. The zero-order valence-electron chi connectivity index (χ0n) is 10.5. The number of rotatable bonds is 5. The molecule has 0 amide bonds. The molecule has 4 nitrogen and oxygen atoms in total. The van der Waals surface area contributed by atoms with E-state index in [1.54, 1.807) is 23.5 Å². The Morgan fingerprint density at radius 2 is 1.85 bits per heavy atom. The van der Waals surface area contributed by atoms with E-state index in [-0.39, 0.29) is 0 Å².